The molecule has 156 valence electrons. The number of benzene rings is 2. The van der Waals surface area contributed by atoms with Crippen molar-refractivity contribution in [1.82, 2.24) is 20.2 Å². The molecule has 0 bridgehead atoms. The van der Waals surface area contributed by atoms with Crippen molar-refractivity contribution in [2.24, 2.45) is 0 Å². The number of rotatable bonds is 7. The van der Waals surface area contributed by atoms with E-state index in [1.807, 2.05) is 49.4 Å². The average Bonchev–Trinajstić information content (AvgIpc) is 3.25. The van der Waals surface area contributed by atoms with Gasteiger partial charge in [-0.25, -0.2) is 4.98 Å². The predicted octanol–water partition coefficient (Wildman–Crippen LogP) is 4.76. The molecule has 0 saturated carbocycles. The summed E-state index contributed by atoms with van der Waals surface area (Å²) >= 11 is 6.36. The van der Waals surface area contributed by atoms with E-state index in [0.717, 1.165) is 16.7 Å². The minimum absolute atomic E-state index is 0.0627. The summed E-state index contributed by atoms with van der Waals surface area (Å²) in [5, 5.41) is 10.2. The van der Waals surface area contributed by atoms with Gasteiger partial charge in [-0.3, -0.25) is 14.9 Å². The topological polar surface area (TPSA) is 92.8 Å². The van der Waals surface area contributed by atoms with E-state index in [-0.39, 0.29) is 5.82 Å². The molecular formula is C23H20ClN5O2. The number of halogens is 1. The summed E-state index contributed by atoms with van der Waals surface area (Å²) in [5.41, 5.74) is 3.10. The van der Waals surface area contributed by atoms with Crippen molar-refractivity contribution in [3.63, 3.8) is 0 Å². The monoisotopic (exact) mass is 433 g/mol. The van der Waals surface area contributed by atoms with Crippen LogP contribution in [0.25, 0.3) is 11.1 Å². The fourth-order valence-electron chi connectivity index (χ4n) is 3.09. The zero-order chi connectivity index (χ0) is 21.6. The van der Waals surface area contributed by atoms with Crippen molar-refractivity contribution in [3.8, 4) is 16.9 Å². The molecule has 0 atom stereocenters. The third kappa shape index (κ3) is 5.07. The van der Waals surface area contributed by atoms with Crippen molar-refractivity contribution in [2.75, 3.05) is 11.9 Å². The molecule has 8 heteroatoms. The van der Waals surface area contributed by atoms with Crippen LogP contribution in [-0.4, -0.2) is 32.7 Å². The summed E-state index contributed by atoms with van der Waals surface area (Å²) in [7, 11) is 0. The third-order valence-electron chi connectivity index (χ3n) is 4.51. The van der Waals surface area contributed by atoms with E-state index in [1.165, 1.54) is 0 Å². The zero-order valence-electron chi connectivity index (χ0n) is 16.8. The summed E-state index contributed by atoms with van der Waals surface area (Å²) in [5.74, 6) is 0.960. The van der Waals surface area contributed by atoms with Crippen molar-refractivity contribution in [2.45, 2.75) is 13.3 Å². The minimum atomic E-state index is -0.427. The maximum atomic E-state index is 12.6. The summed E-state index contributed by atoms with van der Waals surface area (Å²) < 4.78 is 5.55. The molecule has 0 fully saturated rings. The number of anilines is 1. The maximum absolute atomic E-state index is 12.6. The largest absolute Gasteiger partial charge is 0.494 e. The van der Waals surface area contributed by atoms with Gasteiger partial charge in [-0.1, -0.05) is 41.9 Å². The van der Waals surface area contributed by atoms with Crippen LogP contribution in [-0.2, 0) is 6.42 Å². The highest BCUT2D eigenvalue weighted by molar-refractivity contribution is 6.33. The Hall–Kier alpha value is -3.71. The molecule has 0 aliphatic carbocycles. The number of H-pyrrole nitrogens is 1. The molecule has 0 aliphatic heterocycles. The predicted molar refractivity (Wildman–Crippen MR) is 119 cm³/mol. The summed E-state index contributed by atoms with van der Waals surface area (Å²) in [6, 6.07) is 17.1. The number of aromatic amines is 1. The highest BCUT2D eigenvalue weighted by Crippen LogP contribution is 2.32. The molecule has 0 spiro atoms. The molecule has 0 radical (unpaired) electrons. The normalized spacial score (nSPS) is 10.6. The molecule has 0 saturated heterocycles. The number of carbonyl (C=O) groups excluding carboxylic acids is 1. The number of nitrogens with zero attached hydrogens (tertiary/aromatic N) is 3. The molecule has 2 aromatic heterocycles. The Morgan fingerprint density at radius 3 is 2.77 bits per heavy atom. The molecule has 0 aliphatic rings. The van der Waals surface area contributed by atoms with E-state index in [1.54, 1.807) is 24.5 Å². The molecular weight excluding hydrogens is 414 g/mol. The second-order valence-electron chi connectivity index (χ2n) is 6.76. The first-order valence-electron chi connectivity index (χ1n) is 9.76. The standard InChI is InChI=1S/C23H20ClN5O2/c1-2-31-18-8-9-20(24)19(12-18)16-11-17(14-25-13-16)26-23(30)22-27-21(28-29-22)10-15-6-4-3-5-7-15/h3-9,11-14H,2,10H2,1H3,(H,26,30)(H,27,28,29). The summed E-state index contributed by atoms with van der Waals surface area (Å²) in [4.78, 5) is 21.1. The zero-order valence-corrected chi connectivity index (χ0v) is 17.6. The molecule has 0 unspecified atom stereocenters. The quantitative estimate of drug-likeness (QED) is 0.438. The van der Waals surface area contributed by atoms with E-state index >= 15 is 0 Å². The Kier molecular flexibility index (Phi) is 6.24. The van der Waals surface area contributed by atoms with Gasteiger partial charge < -0.3 is 10.1 Å². The number of pyridine rings is 1. The van der Waals surface area contributed by atoms with E-state index in [0.29, 0.717) is 35.3 Å². The van der Waals surface area contributed by atoms with Crippen LogP contribution in [0, 0.1) is 0 Å². The lowest BCUT2D eigenvalue weighted by atomic mass is 10.1. The molecule has 31 heavy (non-hydrogen) atoms. The first-order chi connectivity index (χ1) is 15.1. The summed E-state index contributed by atoms with van der Waals surface area (Å²) in [6.07, 6.45) is 3.80. The number of carbonyl (C=O) groups is 1. The van der Waals surface area contributed by atoms with Gasteiger partial charge in [0.1, 0.15) is 11.6 Å². The average molecular weight is 434 g/mol. The van der Waals surface area contributed by atoms with Crippen LogP contribution in [0.3, 0.4) is 0 Å². The van der Waals surface area contributed by atoms with Crippen molar-refractivity contribution in [3.05, 3.63) is 89.2 Å². The van der Waals surface area contributed by atoms with Crippen LogP contribution in [0.4, 0.5) is 5.69 Å². The van der Waals surface area contributed by atoms with Gasteiger partial charge >= 0.3 is 0 Å². The van der Waals surface area contributed by atoms with Gasteiger partial charge in [0, 0.05) is 28.8 Å². The molecule has 2 N–H and O–H groups in total. The highest BCUT2D eigenvalue weighted by atomic mass is 35.5. The summed E-state index contributed by atoms with van der Waals surface area (Å²) in [6.45, 7) is 2.47. The van der Waals surface area contributed by atoms with E-state index in [2.05, 4.69) is 25.5 Å². The SMILES string of the molecule is CCOc1ccc(Cl)c(-c2cncc(NC(=O)c3n[nH]c(Cc4ccccc4)n3)c2)c1. The van der Waals surface area contributed by atoms with E-state index < -0.39 is 5.91 Å². The number of aromatic nitrogens is 4. The Morgan fingerprint density at radius 1 is 1.13 bits per heavy atom. The first-order valence-corrected chi connectivity index (χ1v) is 10.1. The maximum Gasteiger partial charge on any atom is 0.295 e. The van der Waals surface area contributed by atoms with Crippen LogP contribution < -0.4 is 10.1 Å². The van der Waals surface area contributed by atoms with Crippen molar-refractivity contribution in [1.29, 1.82) is 0 Å². The van der Waals surface area contributed by atoms with Gasteiger partial charge in [0.15, 0.2) is 0 Å². The van der Waals surface area contributed by atoms with Crippen LogP contribution in [0.5, 0.6) is 5.75 Å². The fraction of sp³-hybridized carbons (Fsp3) is 0.130. The van der Waals surface area contributed by atoms with Gasteiger partial charge in [-0.05, 0) is 36.8 Å². The number of hydrogen-bond donors (Lipinski definition) is 2. The molecule has 4 aromatic rings. The van der Waals surface area contributed by atoms with Crippen LogP contribution in [0.15, 0.2) is 67.0 Å². The lowest BCUT2D eigenvalue weighted by Gasteiger charge is -2.10. The number of nitrogens with one attached hydrogen (secondary N) is 2. The number of hydrogen-bond acceptors (Lipinski definition) is 5. The molecule has 4 rings (SSSR count). The van der Waals surface area contributed by atoms with Crippen LogP contribution in [0.1, 0.15) is 28.9 Å². The molecule has 1 amide bonds. The Bertz CT molecular complexity index is 1190. The second-order valence-corrected chi connectivity index (χ2v) is 7.17. The molecule has 2 heterocycles. The van der Waals surface area contributed by atoms with Gasteiger partial charge in [0.05, 0.1) is 18.5 Å². The fourth-order valence-corrected chi connectivity index (χ4v) is 3.32. The van der Waals surface area contributed by atoms with Gasteiger partial charge in [-0.2, -0.15) is 0 Å². The second kappa shape index (κ2) is 9.40. The smallest absolute Gasteiger partial charge is 0.295 e. The number of amides is 1. The highest BCUT2D eigenvalue weighted by Gasteiger charge is 2.14. The van der Waals surface area contributed by atoms with Gasteiger partial charge in [0.25, 0.3) is 5.91 Å². The van der Waals surface area contributed by atoms with E-state index in [9.17, 15) is 4.79 Å². The van der Waals surface area contributed by atoms with Gasteiger partial charge in [-0.15, -0.1) is 5.10 Å². The van der Waals surface area contributed by atoms with Crippen LogP contribution >= 0.6 is 11.6 Å². The molecule has 2 aromatic carbocycles. The van der Waals surface area contributed by atoms with E-state index in [4.69, 9.17) is 16.3 Å². The third-order valence-corrected chi connectivity index (χ3v) is 4.83. The minimum Gasteiger partial charge on any atom is -0.494 e. The molecule has 7 nitrogen and oxygen atoms in total. The first kappa shape index (κ1) is 20.6. The lowest BCUT2D eigenvalue weighted by molar-refractivity contribution is 0.101. The van der Waals surface area contributed by atoms with Crippen LogP contribution in [0.2, 0.25) is 5.02 Å². The Balaban J connectivity index is 1.49. The van der Waals surface area contributed by atoms with Crippen molar-refractivity contribution >= 4 is 23.2 Å². The number of ether oxygens (including phenoxy) is 1. The Morgan fingerprint density at radius 2 is 1.97 bits per heavy atom. The Labute approximate surface area is 184 Å². The lowest BCUT2D eigenvalue weighted by Crippen LogP contribution is -2.14. The van der Waals surface area contributed by atoms with Gasteiger partial charge in [0.2, 0.25) is 5.82 Å². The van der Waals surface area contributed by atoms with Crippen molar-refractivity contribution < 1.29 is 9.53 Å².